The lowest BCUT2D eigenvalue weighted by atomic mass is 9.97. The van der Waals surface area contributed by atoms with Gasteiger partial charge in [0.15, 0.2) is 0 Å². The fraction of sp³-hybridized carbons (Fsp3) is 0.308. The molecule has 1 amide bonds. The highest BCUT2D eigenvalue weighted by Crippen LogP contribution is 2.34. The van der Waals surface area contributed by atoms with Crippen LogP contribution < -0.4 is 5.56 Å². The monoisotopic (exact) mass is 445 g/mol. The summed E-state index contributed by atoms with van der Waals surface area (Å²) in [7, 11) is 1.86. The zero-order valence-electron chi connectivity index (χ0n) is 19.2. The molecule has 33 heavy (non-hydrogen) atoms. The number of aryl methyl sites for hydroxylation is 1. The van der Waals surface area contributed by atoms with Gasteiger partial charge in [-0.1, -0.05) is 30.3 Å². The molecule has 1 saturated heterocycles. The molecule has 0 atom stereocenters. The first-order chi connectivity index (χ1) is 15.6. The van der Waals surface area contributed by atoms with Gasteiger partial charge < -0.3 is 14.7 Å². The Balaban J connectivity index is 1.50. The van der Waals surface area contributed by atoms with Gasteiger partial charge in [-0.25, -0.2) is 9.48 Å². The third kappa shape index (κ3) is 3.63. The van der Waals surface area contributed by atoms with Crippen LogP contribution in [0.25, 0.3) is 32.8 Å². The van der Waals surface area contributed by atoms with E-state index in [9.17, 15) is 14.7 Å². The second kappa shape index (κ2) is 7.40. The first kappa shape index (κ1) is 21.1. The van der Waals surface area contributed by atoms with Crippen molar-refractivity contribution in [3.05, 3.63) is 65.0 Å². The predicted molar refractivity (Wildman–Crippen MR) is 129 cm³/mol. The van der Waals surface area contributed by atoms with Crippen molar-refractivity contribution in [2.24, 2.45) is 7.05 Å². The predicted octanol–water partition coefficient (Wildman–Crippen LogP) is 4.66. The van der Waals surface area contributed by atoms with Gasteiger partial charge in [-0.2, -0.15) is 0 Å². The Morgan fingerprint density at radius 2 is 1.76 bits per heavy atom. The summed E-state index contributed by atoms with van der Waals surface area (Å²) < 4.78 is 9.01. The Morgan fingerprint density at radius 1 is 1.03 bits per heavy atom. The Hall–Kier alpha value is -3.74. The van der Waals surface area contributed by atoms with Gasteiger partial charge >= 0.3 is 6.09 Å². The highest BCUT2D eigenvalue weighted by atomic mass is 16.6. The van der Waals surface area contributed by atoms with Crippen LogP contribution in [-0.4, -0.2) is 44.2 Å². The van der Waals surface area contributed by atoms with Crippen LogP contribution in [0.3, 0.4) is 0 Å². The van der Waals surface area contributed by atoms with E-state index in [1.807, 2.05) is 75.0 Å². The number of aromatic nitrogens is 2. The fourth-order valence-corrected chi connectivity index (χ4v) is 4.56. The molecule has 1 aliphatic heterocycles. The largest absolute Gasteiger partial charge is 0.508 e. The van der Waals surface area contributed by atoms with Gasteiger partial charge in [0.1, 0.15) is 11.4 Å². The van der Waals surface area contributed by atoms with E-state index >= 15 is 0 Å². The topological polar surface area (TPSA) is 76.7 Å². The standard InChI is InChI=1S/C26H27N3O4/c1-26(2,3)33-25(32)28-14-18(15-28)29-24(31)22-12-17(9-10-23(22)27(29)4)21-13-19(30)11-16-7-5-6-8-20(16)21/h5-13,18,30H,14-15H2,1-4H3. The summed E-state index contributed by atoms with van der Waals surface area (Å²) >= 11 is 0. The average molecular weight is 446 g/mol. The molecule has 1 aliphatic rings. The molecule has 3 aromatic carbocycles. The van der Waals surface area contributed by atoms with E-state index in [0.717, 1.165) is 27.4 Å². The fourth-order valence-electron chi connectivity index (χ4n) is 4.56. The van der Waals surface area contributed by atoms with Crippen LogP contribution in [0, 0.1) is 0 Å². The number of carbonyl (C=O) groups is 1. The molecule has 0 saturated carbocycles. The Kier molecular flexibility index (Phi) is 4.74. The first-order valence-electron chi connectivity index (χ1n) is 11.0. The van der Waals surface area contributed by atoms with Crippen molar-refractivity contribution in [2.75, 3.05) is 13.1 Å². The number of phenols is 1. The summed E-state index contributed by atoms with van der Waals surface area (Å²) in [6.45, 7) is 6.38. The van der Waals surface area contributed by atoms with E-state index in [1.165, 1.54) is 0 Å². The molecule has 0 unspecified atom stereocenters. The summed E-state index contributed by atoms with van der Waals surface area (Å²) in [4.78, 5) is 27.3. The minimum absolute atomic E-state index is 0.0901. The molecule has 1 N–H and O–H groups in total. The van der Waals surface area contributed by atoms with Crippen molar-refractivity contribution in [2.45, 2.75) is 32.4 Å². The number of benzene rings is 3. The second-order valence-corrected chi connectivity index (χ2v) is 9.66. The lowest BCUT2D eigenvalue weighted by Crippen LogP contribution is -2.54. The lowest BCUT2D eigenvalue weighted by molar-refractivity contribution is -0.00205. The van der Waals surface area contributed by atoms with Gasteiger partial charge in [0, 0.05) is 20.1 Å². The number of ether oxygens (including phenoxy) is 1. The maximum absolute atomic E-state index is 13.4. The summed E-state index contributed by atoms with van der Waals surface area (Å²) in [6.07, 6.45) is -0.358. The van der Waals surface area contributed by atoms with Crippen molar-refractivity contribution in [3.63, 3.8) is 0 Å². The number of carbonyl (C=O) groups excluding carboxylic acids is 1. The van der Waals surface area contributed by atoms with Crippen LogP contribution in [0.2, 0.25) is 0 Å². The van der Waals surface area contributed by atoms with Crippen molar-refractivity contribution in [3.8, 4) is 16.9 Å². The third-order valence-corrected chi connectivity index (χ3v) is 6.12. The molecule has 7 nitrogen and oxygen atoms in total. The van der Waals surface area contributed by atoms with E-state index in [4.69, 9.17) is 4.74 Å². The summed E-state index contributed by atoms with van der Waals surface area (Å²) in [5, 5.41) is 12.8. The Labute approximate surface area is 191 Å². The first-order valence-corrected chi connectivity index (χ1v) is 11.0. The number of nitrogens with zero attached hydrogens (tertiary/aromatic N) is 3. The van der Waals surface area contributed by atoms with E-state index < -0.39 is 5.60 Å². The minimum atomic E-state index is -0.550. The molecular weight excluding hydrogens is 418 g/mol. The third-order valence-electron chi connectivity index (χ3n) is 6.12. The van der Waals surface area contributed by atoms with Crippen LogP contribution in [-0.2, 0) is 11.8 Å². The molecule has 2 heterocycles. The number of likely N-dealkylation sites (tertiary alicyclic amines) is 1. The highest BCUT2D eigenvalue weighted by molar-refractivity contribution is 5.99. The summed E-state index contributed by atoms with van der Waals surface area (Å²) in [6, 6.07) is 17.0. The van der Waals surface area contributed by atoms with Crippen LogP contribution in [0.1, 0.15) is 26.8 Å². The number of hydrogen-bond acceptors (Lipinski definition) is 4. The highest BCUT2D eigenvalue weighted by Gasteiger charge is 2.36. The van der Waals surface area contributed by atoms with Crippen molar-refractivity contribution in [1.82, 2.24) is 14.3 Å². The molecule has 0 aliphatic carbocycles. The molecule has 0 spiro atoms. The average Bonchev–Trinajstić information content (AvgIpc) is 2.95. The lowest BCUT2D eigenvalue weighted by Gasteiger charge is -2.40. The Bertz CT molecular complexity index is 1450. The maximum Gasteiger partial charge on any atom is 0.410 e. The van der Waals surface area contributed by atoms with Gasteiger partial charge in [-0.3, -0.25) is 9.48 Å². The van der Waals surface area contributed by atoms with E-state index in [2.05, 4.69) is 0 Å². The second-order valence-electron chi connectivity index (χ2n) is 9.66. The quantitative estimate of drug-likeness (QED) is 0.487. The summed E-state index contributed by atoms with van der Waals surface area (Å²) in [5.41, 5.74) is 1.93. The smallest absolute Gasteiger partial charge is 0.410 e. The number of hydrogen-bond donors (Lipinski definition) is 1. The van der Waals surface area contributed by atoms with Gasteiger partial charge in [-0.15, -0.1) is 0 Å². The molecule has 170 valence electrons. The van der Waals surface area contributed by atoms with Crippen LogP contribution in [0.15, 0.2) is 59.4 Å². The van der Waals surface area contributed by atoms with E-state index in [1.54, 1.807) is 21.7 Å². The number of amides is 1. The van der Waals surface area contributed by atoms with Crippen molar-refractivity contribution in [1.29, 1.82) is 0 Å². The van der Waals surface area contributed by atoms with Crippen molar-refractivity contribution < 1.29 is 14.6 Å². The summed E-state index contributed by atoms with van der Waals surface area (Å²) in [5.74, 6) is 0.186. The van der Waals surface area contributed by atoms with Crippen LogP contribution in [0.5, 0.6) is 5.75 Å². The zero-order valence-corrected chi connectivity index (χ0v) is 19.2. The molecule has 1 aromatic heterocycles. The van der Waals surface area contributed by atoms with Crippen LogP contribution in [0.4, 0.5) is 4.79 Å². The maximum atomic E-state index is 13.4. The number of fused-ring (bicyclic) bond motifs is 2. The molecule has 4 aromatic rings. The van der Waals surface area contributed by atoms with Crippen molar-refractivity contribution >= 4 is 27.8 Å². The zero-order chi connectivity index (χ0) is 23.5. The molecule has 0 bridgehead atoms. The minimum Gasteiger partial charge on any atom is -0.508 e. The van der Waals surface area contributed by atoms with Crippen LogP contribution >= 0.6 is 0 Å². The normalized spacial score (nSPS) is 14.6. The number of phenolic OH excluding ortho intramolecular Hbond substituents is 1. The molecular formula is C26H27N3O4. The number of aromatic hydroxyl groups is 1. The van der Waals surface area contributed by atoms with Gasteiger partial charge in [0.2, 0.25) is 0 Å². The SMILES string of the molecule is Cn1c2ccc(-c3cc(O)cc4ccccc34)cc2c(=O)n1C1CN(C(=O)OC(C)(C)C)C1. The molecule has 5 rings (SSSR count). The van der Waals surface area contributed by atoms with E-state index in [-0.39, 0.29) is 23.4 Å². The van der Waals surface area contributed by atoms with E-state index in [0.29, 0.717) is 18.5 Å². The molecule has 7 heteroatoms. The Morgan fingerprint density at radius 3 is 2.48 bits per heavy atom. The van der Waals surface area contributed by atoms with Gasteiger partial charge in [0.25, 0.3) is 5.56 Å². The van der Waals surface area contributed by atoms with Gasteiger partial charge in [0.05, 0.1) is 16.9 Å². The molecule has 1 fully saturated rings. The molecule has 0 radical (unpaired) electrons. The number of rotatable bonds is 2. The van der Waals surface area contributed by atoms with Gasteiger partial charge in [-0.05, 0) is 66.9 Å².